The van der Waals surface area contributed by atoms with E-state index in [1.54, 1.807) is 0 Å². The number of fused-ring (bicyclic) bond motifs is 1. The summed E-state index contributed by atoms with van der Waals surface area (Å²) in [5.74, 6) is 0.307. The molecule has 0 saturated carbocycles. The van der Waals surface area contributed by atoms with Gasteiger partial charge in [0.25, 0.3) is 0 Å². The molecule has 2 aromatic rings. The van der Waals surface area contributed by atoms with Crippen molar-refractivity contribution < 1.29 is 4.79 Å². The van der Waals surface area contributed by atoms with Gasteiger partial charge in [-0.25, -0.2) is 0 Å². The molecule has 1 aliphatic heterocycles. The van der Waals surface area contributed by atoms with Crippen LogP contribution in [0.4, 0.5) is 0 Å². The summed E-state index contributed by atoms with van der Waals surface area (Å²) in [7, 11) is 2.12. The van der Waals surface area contributed by atoms with Crippen molar-refractivity contribution in [2.24, 2.45) is 7.05 Å². The van der Waals surface area contributed by atoms with Gasteiger partial charge in [-0.05, 0) is 32.8 Å². The van der Waals surface area contributed by atoms with Crippen molar-refractivity contribution >= 4 is 16.8 Å². The molecule has 0 spiro atoms. The molecule has 0 unspecified atom stereocenters. The predicted molar refractivity (Wildman–Crippen MR) is 86.2 cm³/mol. The molecule has 112 valence electrons. The Labute approximate surface area is 126 Å². The third-order valence-electron chi connectivity index (χ3n) is 5.10. The molecule has 2 heterocycles. The zero-order chi connectivity index (χ0) is 15.1. The van der Waals surface area contributed by atoms with E-state index in [2.05, 4.69) is 61.6 Å². The number of hydrogen-bond acceptors (Lipinski definition) is 1. The van der Waals surface area contributed by atoms with Gasteiger partial charge in [0, 0.05) is 41.7 Å². The molecule has 1 aromatic carbocycles. The van der Waals surface area contributed by atoms with Gasteiger partial charge in [-0.15, -0.1) is 0 Å². The average molecular weight is 284 g/mol. The van der Waals surface area contributed by atoms with Crippen molar-refractivity contribution in [1.29, 1.82) is 0 Å². The standard InChI is InChI=1S/C18H24N2O/c1-5-12(2)20-16(10-11-17(20)21)18-13(3)19(4)15-9-7-6-8-14(15)18/h6-9,12,16H,5,10-11H2,1-4H3/t12-,16+/m0/s1. The van der Waals surface area contributed by atoms with Crippen LogP contribution in [0.5, 0.6) is 0 Å². The molecule has 1 aromatic heterocycles. The third-order valence-corrected chi connectivity index (χ3v) is 5.10. The summed E-state index contributed by atoms with van der Waals surface area (Å²) >= 11 is 0. The van der Waals surface area contributed by atoms with Gasteiger partial charge < -0.3 is 9.47 Å². The van der Waals surface area contributed by atoms with Crippen molar-refractivity contribution in [3.63, 3.8) is 0 Å². The summed E-state index contributed by atoms with van der Waals surface area (Å²) in [5.41, 5.74) is 3.89. The van der Waals surface area contributed by atoms with Gasteiger partial charge in [0.1, 0.15) is 0 Å². The number of benzene rings is 1. The van der Waals surface area contributed by atoms with Gasteiger partial charge in [0.2, 0.25) is 5.91 Å². The lowest BCUT2D eigenvalue weighted by atomic mass is 9.99. The highest BCUT2D eigenvalue weighted by molar-refractivity contribution is 5.88. The maximum atomic E-state index is 12.3. The number of amides is 1. The maximum absolute atomic E-state index is 12.3. The van der Waals surface area contributed by atoms with Crippen molar-refractivity contribution in [3.05, 3.63) is 35.5 Å². The van der Waals surface area contributed by atoms with Crippen LogP contribution in [0.1, 0.15) is 50.4 Å². The highest BCUT2D eigenvalue weighted by Gasteiger charge is 2.37. The lowest BCUT2D eigenvalue weighted by Crippen LogP contribution is -2.35. The second-order valence-electron chi connectivity index (χ2n) is 6.19. The summed E-state index contributed by atoms with van der Waals surface area (Å²) < 4.78 is 2.25. The molecule has 3 heteroatoms. The molecule has 0 bridgehead atoms. The summed E-state index contributed by atoms with van der Waals surface area (Å²) in [6, 6.07) is 9.07. The van der Waals surface area contributed by atoms with Crippen LogP contribution in [-0.4, -0.2) is 21.4 Å². The van der Waals surface area contributed by atoms with Crippen LogP contribution < -0.4 is 0 Å². The minimum absolute atomic E-state index is 0.235. The predicted octanol–water partition coefficient (Wildman–Crippen LogP) is 3.95. The maximum Gasteiger partial charge on any atom is 0.223 e. The fourth-order valence-electron chi connectivity index (χ4n) is 3.71. The minimum Gasteiger partial charge on any atom is -0.348 e. The molecule has 1 aliphatic rings. The smallest absolute Gasteiger partial charge is 0.223 e. The number of carbonyl (C=O) groups is 1. The molecule has 1 fully saturated rings. The largest absolute Gasteiger partial charge is 0.348 e. The highest BCUT2D eigenvalue weighted by atomic mass is 16.2. The number of carbonyl (C=O) groups excluding carboxylic acids is 1. The van der Waals surface area contributed by atoms with Gasteiger partial charge in [-0.2, -0.15) is 0 Å². The molecule has 0 aliphatic carbocycles. The van der Waals surface area contributed by atoms with Crippen LogP contribution in [0, 0.1) is 6.92 Å². The number of hydrogen-bond donors (Lipinski definition) is 0. The van der Waals surface area contributed by atoms with E-state index in [4.69, 9.17) is 0 Å². The zero-order valence-electron chi connectivity index (χ0n) is 13.4. The van der Waals surface area contributed by atoms with E-state index in [1.807, 2.05) is 0 Å². The number of nitrogens with zero attached hydrogens (tertiary/aromatic N) is 2. The Kier molecular flexibility index (Phi) is 3.52. The van der Waals surface area contributed by atoms with E-state index in [1.165, 1.54) is 22.2 Å². The Balaban J connectivity index is 2.16. The van der Waals surface area contributed by atoms with Crippen LogP contribution in [-0.2, 0) is 11.8 Å². The molecule has 0 N–H and O–H groups in total. The first-order valence-corrected chi connectivity index (χ1v) is 7.91. The topological polar surface area (TPSA) is 25.2 Å². The van der Waals surface area contributed by atoms with Crippen LogP contribution in [0.15, 0.2) is 24.3 Å². The van der Waals surface area contributed by atoms with Gasteiger partial charge in [-0.1, -0.05) is 25.1 Å². The molecular weight excluding hydrogens is 260 g/mol. The van der Waals surface area contributed by atoms with E-state index in [-0.39, 0.29) is 6.04 Å². The highest BCUT2D eigenvalue weighted by Crippen LogP contribution is 2.41. The van der Waals surface area contributed by atoms with Crippen LogP contribution in [0.2, 0.25) is 0 Å². The average Bonchev–Trinajstić information content (AvgIpc) is 2.98. The lowest BCUT2D eigenvalue weighted by molar-refractivity contribution is -0.131. The Morgan fingerprint density at radius 2 is 2.05 bits per heavy atom. The summed E-state index contributed by atoms with van der Waals surface area (Å²) in [4.78, 5) is 14.5. The van der Waals surface area contributed by atoms with Gasteiger partial charge >= 0.3 is 0 Å². The van der Waals surface area contributed by atoms with Crippen molar-refractivity contribution in [2.75, 3.05) is 0 Å². The zero-order valence-corrected chi connectivity index (χ0v) is 13.4. The normalized spacial score (nSPS) is 20.5. The van der Waals surface area contributed by atoms with Crippen molar-refractivity contribution in [3.8, 4) is 0 Å². The fourth-order valence-corrected chi connectivity index (χ4v) is 3.71. The lowest BCUT2D eigenvalue weighted by Gasteiger charge is -2.31. The summed E-state index contributed by atoms with van der Waals surface area (Å²) in [5, 5.41) is 1.30. The first kappa shape index (κ1) is 14.2. The molecule has 2 atom stereocenters. The molecule has 1 saturated heterocycles. The molecule has 21 heavy (non-hydrogen) atoms. The first-order valence-electron chi connectivity index (χ1n) is 7.91. The number of rotatable bonds is 3. The number of aromatic nitrogens is 1. The Morgan fingerprint density at radius 3 is 2.76 bits per heavy atom. The number of likely N-dealkylation sites (tertiary alicyclic amines) is 1. The van der Waals surface area contributed by atoms with Crippen molar-refractivity contribution in [2.45, 2.75) is 52.1 Å². The van der Waals surface area contributed by atoms with Gasteiger partial charge in [0.15, 0.2) is 0 Å². The monoisotopic (exact) mass is 284 g/mol. The van der Waals surface area contributed by atoms with Gasteiger partial charge in [0.05, 0.1) is 6.04 Å². The van der Waals surface area contributed by atoms with E-state index in [0.29, 0.717) is 18.4 Å². The Bertz CT molecular complexity index is 686. The second kappa shape index (κ2) is 5.21. The third kappa shape index (κ3) is 2.06. The fraction of sp³-hybridized carbons (Fsp3) is 0.500. The summed E-state index contributed by atoms with van der Waals surface area (Å²) in [6.07, 6.45) is 2.63. The van der Waals surface area contributed by atoms with Crippen LogP contribution in [0.3, 0.4) is 0 Å². The molecular formula is C18H24N2O. The van der Waals surface area contributed by atoms with Crippen LogP contribution >= 0.6 is 0 Å². The van der Waals surface area contributed by atoms with Crippen LogP contribution in [0.25, 0.3) is 10.9 Å². The number of aryl methyl sites for hydroxylation is 1. The first-order chi connectivity index (χ1) is 10.1. The SMILES string of the molecule is CC[C@H](C)N1C(=O)CC[C@@H]1c1c(C)n(C)c2ccccc12. The van der Waals surface area contributed by atoms with E-state index in [0.717, 1.165) is 12.8 Å². The van der Waals surface area contributed by atoms with Crippen molar-refractivity contribution in [1.82, 2.24) is 9.47 Å². The second-order valence-corrected chi connectivity index (χ2v) is 6.19. The Morgan fingerprint density at radius 1 is 1.33 bits per heavy atom. The molecule has 3 nitrogen and oxygen atoms in total. The molecule has 1 amide bonds. The molecule has 3 rings (SSSR count). The molecule has 0 radical (unpaired) electrons. The summed E-state index contributed by atoms with van der Waals surface area (Å²) in [6.45, 7) is 6.49. The Hall–Kier alpha value is -1.77. The number of para-hydroxylation sites is 1. The quantitative estimate of drug-likeness (QED) is 0.838. The van der Waals surface area contributed by atoms with E-state index < -0.39 is 0 Å². The van der Waals surface area contributed by atoms with E-state index >= 15 is 0 Å². The van der Waals surface area contributed by atoms with Gasteiger partial charge in [-0.3, -0.25) is 4.79 Å². The minimum atomic E-state index is 0.235. The van der Waals surface area contributed by atoms with E-state index in [9.17, 15) is 4.79 Å².